The van der Waals surface area contributed by atoms with Crippen molar-refractivity contribution < 1.29 is 14.3 Å². The average molecular weight is 426 g/mol. The summed E-state index contributed by atoms with van der Waals surface area (Å²) in [5.74, 6) is -0.167. The van der Waals surface area contributed by atoms with Crippen molar-refractivity contribution in [1.29, 1.82) is 0 Å². The van der Waals surface area contributed by atoms with E-state index in [4.69, 9.17) is 9.47 Å². The van der Waals surface area contributed by atoms with Crippen LogP contribution in [-0.4, -0.2) is 72.5 Å². The molecule has 1 unspecified atom stereocenters. The number of hydrogen-bond donors (Lipinski definition) is 0. The molecule has 1 atom stereocenters. The molecule has 1 aromatic heterocycles. The number of piperazine rings is 1. The largest absolute Gasteiger partial charge is 0.350 e. The zero-order valence-electron chi connectivity index (χ0n) is 18.3. The van der Waals surface area contributed by atoms with Crippen LogP contribution in [0.4, 0.5) is 0 Å². The molecule has 2 saturated heterocycles. The number of rotatable bonds is 6. The molecule has 0 aliphatic carbocycles. The van der Waals surface area contributed by atoms with Crippen molar-refractivity contribution in [3.63, 3.8) is 0 Å². The van der Waals surface area contributed by atoms with Crippen LogP contribution in [0.1, 0.15) is 40.9 Å². The molecule has 0 saturated carbocycles. The third kappa shape index (κ3) is 4.89. The third-order valence-electron chi connectivity index (χ3n) is 6.27. The number of hydrogen-bond acceptors (Lipinski definition) is 5. The Bertz CT molecular complexity index is 945. The monoisotopic (exact) mass is 425 g/mol. The Labute approximate surface area is 183 Å². The van der Waals surface area contributed by atoms with Gasteiger partial charge in [0.25, 0.3) is 11.5 Å². The van der Waals surface area contributed by atoms with Gasteiger partial charge in [-0.05, 0) is 31.0 Å². The van der Waals surface area contributed by atoms with Gasteiger partial charge in [0.15, 0.2) is 6.29 Å². The Hall–Kier alpha value is -2.48. The van der Waals surface area contributed by atoms with E-state index in [-0.39, 0.29) is 29.4 Å². The maximum absolute atomic E-state index is 13.3. The van der Waals surface area contributed by atoms with Gasteiger partial charge in [0.2, 0.25) is 0 Å². The van der Waals surface area contributed by atoms with Gasteiger partial charge in [-0.1, -0.05) is 30.3 Å². The van der Waals surface area contributed by atoms with Gasteiger partial charge >= 0.3 is 0 Å². The van der Waals surface area contributed by atoms with E-state index in [0.717, 1.165) is 37.2 Å². The fourth-order valence-corrected chi connectivity index (χ4v) is 4.29. The SMILES string of the molecule is Cc1ccn(C(C)c2ccccc2)c(=O)c1C(=O)N1CCN(CCC2OCCO2)CC1. The first-order valence-electron chi connectivity index (χ1n) is 11.1. The zero-order valence-corrected chi connectivity index (χ0v) is 18.3. The van der Waals surface area contributed by atoms with Crippen LogP contribution >= 0.6 is 0 Å². The Morgan fingerprint density at radius 2 is 1.74 bits per heavy atom. The first-order chi connectivity index (χ1) is 15.0. The predicted molar refractivity (Wildman–Crippen MR) is 118 cm³/mol. The quantitative estimate of drug-likeness (QED) is 0.711. The van der Waals surface area contributed by atoms with Crippen molar-refractivity contribution in [2.45, 2.75) is 32.6 Å². The van der Waals surface area contributed by atoms with Crippen molar-refractivity contribution in [3.8, 4) is 0 Å². The van der Waals surface area contributed by atoms with Gasteiger partial charge in [0.05, 0.1) is 19.3 Å². The van der Waals surface area contributed by atoms with E-state index in [9.17, 15) is 9.59 Å². The molecule has 2 aromatic rings. The van der Waals surface area contributed by atoms with Gasteiger partial charge in [-0.3, -0.25) is 14.5 Å². The summed E-state index contributed by atoms with van der Waals surface area (Å²) in [6, 6.07) is 11.6. The van der Waals surface area contributed by atoms with Crippen LogP contribution in [0.15, 0.2) is 47.4 Å². The highest BCUT2D eigenvalue weighted by molar-refractivity contribution is 5.95. The lowest BCUT2D eigenvalue weighted by Crippen LogP contribution is -2.50. The summed E-state index contributed by atoms with van der Waals surface area (Å²) in [5.41, 5.74) is 1.82. The second-order valence-corrected chi connectivity index (χ2v) is 8.27. The van der Waals surface area contributed by atoms with Crippen LogP contribution in [0.5, 0.6) is 0 Å². The lowest BCUT2D eigenvalue weighted by Gasteiger charge is -2.35. The van der Waals surface area contributed by atoms with Crippen LogP contribution in [0.2, 0.25) is 0 Å². The molecule has 2 aliphatic heterocycles. The third-order valence-corrected chi connectivity index (χ3v) is 6.27. The molecule has 31 heavy (non-hydrogen) atoms. The van der Waals surface area contributed by atoms with E-state index in [1.54, 1.807) is 15.7 Å². The predicted octanol–water partition coefficient (Wildman–Crippen LogP) is 2.29. The van der Waals surface area contributed by atoms with E-state index < -0.39 is 0 Å². The number of amides is 1. The van der Waals surface area contributed by atoms with Crippen LogP contribution in [0.25, 0.3) is 0 Å². The lowest BCUT2D eigenvalue weighted by molar-refractivity contribution is -0.0529. The second-order valence-electron chi connectivity index (χ2n) is 8.27. The van der Waals surface area contributed by atoms with Gasteiger partial charge < -0.3 is 18.9 Å². The van der Waals surface area contributed by atoms with Crippen molar-refractivity contribution in [3.05, 3.63) is 69.6 Å². The molecular formula is C24H31N3O4. The summed E-state index contributed by atoms with van der Waals surface area (Å²) < 4.78 is 12.7. The van der Waals surface area contributed by atoms with Crippen molar-refractivity contribution in [2.75, 3.05) is 45.9 Å². The second kappa shape index (κ2) is 9.77. The summed E-state index contributed by atoms with van der Waals surface area (Å²) >= 11 is 0. The van der Waals surface area contributed by atoms with Crippen molar-refractivity contribution in [1.82, 2.24) is 14.4 Å². The zero-order chi connectivity index (χ0) is 21.8. The number of ether oxygens (including phenoxy) is 2. The Kier molecular flexibility index (Phi) is 6.85. The van der Waals surface area contributed by atoms with E-state index in [1.165, 1.54) is 0 Å². The molecule has 2 fully saturated rings. The Morgan fingerprint density at radius 1 is 1.06 bits per heavy atom. The van der Waals surface area contributed by atoms with Gasteiger partial charge in [-0.15, -0.1) is 0 Å². The van der Waals surface area contributed by atoms with Crippen LogP contribution in [0, 0.1) is 6.92 Å². The molecular weight excluding hydrogens is 394 g/mol. The molecule has 0 N–H and O–H groups in total. The number of pyridine rings is 1. The highest BCUT2D eigenvalue weighted by Crippen LogP contribution is 2.18. The van der Waals surface area contributed by atoms with Crippen LogP contribution in [-0.2, 0) is 9.47 Å². The van der Waals surface area contributed by atoms with Crippen LogP contribution in [0.3, 0.4) is 0 Å². The molecule has 1 amide bonds. The maximum Gasteiger partial charge on any atom is 0.264 e. The highest BCUT2D eigenvalue weighted by atomic mass is 16.7. The first-order valence-corrected chi connectivity index (χ1v) is 11.1. The standard InChI is InChI=1S/C24H31N3O4/c1-18-8-11-27(19(2)20-6-4-3-5-7-20)24(29)22(18)23(28)26-14-12-25(13-15-26)10-9-21-30-16-17-31-21/h3-8,11,19,21H,9-10,12-17H2,1-2H3. The van der Waals surface area contributed by atoms with Crippen LogP contribution < -0.4 is 5.56 Å². The number of carbonyl (C=O) groups is 1. The molecule has 7 nitrogen and oxygen atoms in total. The minimum absolute atomic E-state index is 0.100. The van der Waals surface area contributed by atoms with E-state index in [1.807, 2.05) is 50.2 Å². The summed E-state index contributed by atoms with van der Waals surface area (Å²) in [6.45, 7) is 8.87. The topological polar surface area (TPSA) is 64.0 Å². The number of nitrogens with zero attached hydrogens (tertiary/aromatic N) is 3. The Balaban J connectivity index is 1.43. The Morgan fingerprint density at radius 3 is 2.42 bits per heavy atom. The van der Waals surface area contributed by atoms with E-state index >= 15 is 0 Å². The normalized spacial score (nSPS) is 19.0. The molecule has 7 heteroatoms. The first kappa shape index (κ1) is 21.7. The van der Waals surface area contributed by atoms with Gasteiger partial charge in [-0.25, -0.2) is 0 Å². The number of aromatic nitrogens is 1. The van der Waals surface area contributed by atoms with Gasteiger partial charge in [0, 0.05) is 45.3 Å². The molecule has 166 valence electrons. The maximum atomic E-state index is 13.3. The fraction of sp³-hybridized carbons (Fsp3) is 0.500. The lowest BCUT2D eigenvalue weighted by atomic mass is 10.1. The molecule has 2 aliphatic rings. The van der Waals surface area contributed by atoms with Crippen molar-refractivity contribution >= 4 is 5.91 Å². The summed E-state index contributed by atoms with van der Waals surface area (Å²) in [4.78, 5) is 30.7. The number of aryl methyl sites for hydroxylation is 1. The minimum atomic E-state index is -0.223. The molecule has 0 spiro atoms. The molecule has 3 heterocycles. The smallest absolute Gasteiger partial charge is 0.264 e. The highest BCUT2D eigenvalue weighted by Gasteiger charge is 2.27. The van der Waals surface area contributed by atoms with E-state index in [0.29, 0.717) is 26.3 Å². The van der Waals surface area contributed by atoms with E-state index in [2.05, 4.69) is 4.90 Å². The van der Waals surface area contributed by atoms with Crippen molar-refractivity contribution in [2.24, 2.45) is 0 Å². The molecule has 1 aromatic carbocycles. The molecule has 0 bridgehead atoms. The number of benzene rings is 1. The number of carbonyl (C=O) groups excluding carboxylic acids is 1. The molecule has 0 radical (unpaired) electrons. The fourth-order valence-electron chi connectivity index (χ4n) is 4.29. The summed E-state index contributed by atoms with van der Waals surface area (Å²) in [6.07, 6.45) is 2.53. The molecule has 4 rings (SSSR count). The average Bonchev–Trinajstić information content (AvgIpc) is 3.32. The van der Waals surface area contributed by atoms with Gasteiger partial charge in [-0.2, -0.15) is 0 Å². The summed E-state index contributed by atoms with van der Waals surface area (Å²) in [5, 5.41) is 0. The minimum Gasteiger partial charge on any atom is -0.350 e. The van der Waals surface area contributed by atoms with Gasteiger partial charge in [0.1, 0.15) is 5.56 Å². The summed E-state index contributed by atoms with van der Waals surface area (Å²) in [7, 11) is 0.